The molecule has 1 spiro atoms. The van der Waals surface area contributed by atoms with Crippen LogP contribution in [0.25, 0.3) is 0 Å². The fourth-order valence-electron chi connectivity index (χ4n) is 3.48. The van der Waals surface area contributed by atoms with Crippen LogP contribution >= 0.6 is 0 Å². The lowest BCUT2D eigenvalue weighted by Crippen LogP contribution is -2.67. The summed E-state index contributed by atoms with van der Waals surface area (Å²) in [4.78, 5) is 12.4. The third-order valence-corrected chi connectivity index (χ3v) is 4.42. The Kier molecular flexibility index (Phi) is 4.34. The molecule has 7 nitrogen and oxygen atoms in total. The van der Waals surface area contributed by atoms with E-state index in [0.717, 1.165) is 0 Å². The molecule has 1 N–H and O–H groups in total. The average molecular weight is 304 g/mol. The van der Waals surface area contributed by atoms with Crippen LogP contribution in [0.2, 0.25) is 0 Å². The van der Waals surface area contributed by atoms with Crippen LogP contribution in [-0.4, -0.2) is 62.3 Å². The second-order valence-electron chi connectivity index (χ2n) is 6.00. The molecule has 1 heterocycles. The molecule has 0 amide bonds. The van der Waals surface area contributed by atoms with Crippen molar-refractivity contribution in [2.45, 2.75) is 50.0 Å². The first-order valence-electron chi connectivity index (χ1n) is 6.97. The molecule has 2 aliphatic rings. The lowest BCUT2D eigenvalue weighted by Gasteiger charge is -2.51. The van der Waals surface area contributed by atoms with Gasteiger partial charge < -0.3 is 28.8 Å². The van der Waals surface area contributed by atoms with Crippen LogP contribution in [0.4, 0.5) is 0 Å². The van der Waals surface area contributed by atoms with Crippen molar-refractivity contribution < 1.29 is 33.6 Å². The molecule has 1 saturated heterocycles. The molecule has 1 aliphatic heterocycles. The zero-order valence-electron chi connectivity index (χ0n) is 13.2. The maximum atomic E-state index is 12.4. The van der Waals surface area contributed by atoms with Crippen LogP contribution < -0.4 is 0 Å². The number of carbonyl (C=O) groups is 1. The quantitative estimate of drug-likeness (QED) is 0.598. The number of rotatable bonds is 3. The molecule has 1 aliphatic carbocycles. The van der Waals surface area contributed by atoms with E-state index in [2.05, 4.69) is 0 Å². The van der Waals surface area contributed by atoms with Gasteiger partial charge in [-0.3, -0.25) is 4.79 Å². The minimum absolute atomic E-state index is 0.209. The molecular formula is C14H24O7. The van der Waals surface area contributed by atoms with Gasteiger partial charge >= 0.3 is 5.97 Å². The van der Waals surface area contributed by atoms with E-state index >= 15 is 0 Å². The first-order valence-corrected chi connectivity index (χ1v) is 6.97. The predicted molar refractivity (Wildman–Crippen MR) is 71.3 cm³/mol. The van der Waals surface area contributed by atoms with Gasteiger partial charge in [0.2, 0.25) is 5.79 Å². The van der Waals surface area contributed by atoms with Crippen LogP contribution in [0.1, 0.15) is 26.7 Å². The fraction of sp³-hybridized carbons (Fsp3) is 0.929. The van der Waals surface area contributed by atoms with E-state index in [-0.39, 0.29) is 6.61 Å². The molecule has 0 bridgehead atoms. The summed E-state index contributed by atoms with van der Waals surface area (Å²) in [6.45, 7) is 3.77. The first kappa shape index (κ1) is 16.6. The zero-order chi connectivity index (χ0) is 15.9. The van der Waals surface area contributed by atoms with E-state index in [4.69, 9.17) is 23.7 Å². The molecule has 0 aromatic carbocycles. The molecule has 0 aromatic rings. The van der Waals surface area contributed by atoms with E-state index in [1.165, 1.54) is 21.3 Å². The van der Waals surface area contributed by atoms with Gasteiger partial charge in [0.25, 0.3) is 0 Å². The van der Waals surface area contributed by atoms with Gasteiger partial charge in [-0.05, 0) is 26.7 Å². The van der Waals surface area contributed by atoms with Crippen molar-refractivity contribution in [2.24, 2.45) is 5.92 Å². The monoisotopic (exact) mass is 304 g/mol. The molecule has 122 valence electrons. The Morgan fingerprint density at radius 1 is 1.24 bits per heavy atom. The number of esters is 1. The van der Waals surface area contributed by atoms with Crippen LogP contribution in [0.5, 0.6) is 0 Å². The van der Waals surface area contributed by atoms with Crippen LogP contribution in [0.15, 0.2) is 0 Å². The number of hydrogen-bond acceptors (Lipinski definition) is 7. The molecular weight excluding hydrogens is 280 g/mol. The minimum Gasteiger partial charge on any atom is -0.469 e. The van der Waals surface area contributed by atoms with Gasteiger partial charge in [-0.25, -0.2) is 0 Å². The summed E-state index contributed by atoms with van der Waals surface area (Å²) in [5.41, 5.74) is -0.943. The average Bonchev–Trinajstić information content (AvgIpc) is 2.76. The molecule has 1 saturated carbocycles. The molecule has 7 heteroatoms. The number of carbonyl (C=O) groups excluding carboxylic acids is 1. The van der Waals surface area contributed by atoms with Crippen molar-refractivity contribution in [2.75, 3.05) is 27.9 Å². The number of ether oxygens (including phenoxy) is 5. The van der Waals surface area contributed by atoms with E-state index in [0.29, 0.717) is 12.8 Å². The molecule has 2 fully saturated rings. The molecule has 0 unspecified atom stereocenters. The lowest BCUT2D eigenvalue weighted by atomic mass is 9.70. The molecule has 21 heavy (non-hydrogen) atoms. The summed E-state index contributed by atoms with van der Waals surface area (Å²) >= 11 is 0. The first-order chi connectivity index (χ1) is 9.77. The molecule has 0 aromatic heterocycles. The largest absolute Gasteiger partial charge is 0.469 e. The summed E-state index contributed by atoms with van der Waals surface area (Å²) in [5.74, 6) is -3.84. The summed E-state index contributed by atoms with van der Waals surface area (Å²) in [6, 6.07) is 0. The highest BCUT2D eigenvalue weighted by Crippen LogP contribution is 2.50. The SMILES string of the molecule is COC(=O)[C@H]1C(OC)(OC)[C@H](O)CC[C@@]12COC(C)(C)O2. The van der Waals surface area contributed by atoms with Crippen LogP contribution in [0.3, 0.4) is 0 Å². The lowest BCUT2D eigenvalue weighted by molar-refractivity contribution is -0.332. The topological polar surface area (TPSA) is 83.5 Å². The maximum Gasteiger partial charge on any atom is 0.317 e. The predicted octanol–water partition coefficient (Wildman–Crippen LogP) is 0.441. The summed E-state index contributed by atoms with van der Waals surface area (Å²) < 4.78 is 27.4. The van der Waals surface area contributed by atoms with Crippen molar-refractivity contribution in [3.05, 3.63) is 0 Å². The van der Waals surface area contributed by atoms with Gasteiger partial charge in [-0.1, -0.05) is 0 Å². The molecule has 3 atom stereocenters. The Balaban J connectivity index is 2.49. The number of aliphatic hydroxyl groups is 1. The maximum absolute atomic E-state index is 12.4. The Morgan fingerprint density at radius 3 is 2.29 bits per heavy atom. The van der Waals surface area contributed by atoms with E-state index < -0.39 is 35.2 Å². The van der Waals surface area contributed by atoms with Gasteiger partial charge in [-0.15, -0.1) is 0 Å². The van der Waals surface area contributed by atoms with Gasteiger partial charge in [0.1, 0.15) is 17.6 Å². The highest BCUT2D eigenvalue weighted by atomic mass is 16.8. The van der Waals surface area contributed by atoms with Crippen molar-refractivity contribution in [1.82, 2.24) is 0 Å². The smallest absolute Gasteiger partial charge is 0.317 e. The summed E-state index contributed by atoms with van der Waals surface area (Å²) in [5, 5.41) is 10.4. The summed E-state index contributed by atoms with van der Waals surface area (Å²) in [7, 11) is 4.07. The third-order valence-electron chi connectivity index (χ3n) is 4.42. The normalized spacial score (nSPS) is 37.6. The zero-order valence-corrected chi connectivity index (χ0v) is 13.2. The van der Waals surface area contributed by atoms with E-state index in [1.54, 1.807) is 13.8 Å². The van der Waals surface area contributed by atoms with Gasteiger partial charge in [0.05, 0.1) is 13.7 Å². The van der Waals surface area contributed by atoms with Crippen molar-refractivity contribution in [3.63, 3.8) is 0 Å². The summed E-state index contributed by atoms with van der Waals surface area (Å²) in [6.07, 6.45) is -0.144. The molecule has 0 radical (unpaired) electrons. The second kappa shape index (κ2) is 5.48. The van der Waals surface area contributed by atoms with Gasteiger partial charge in [-0.2, -0.15) is 0 Å². The highest BCUT2D eigenvalue weighted by Gasteiger charge is 2.67. The Bertz CT molecular complexity index is 404. The molecule has 2 rings (SSSR count). The number of aliphatic hydroxyl groups excluding tert-OH is 1. The van der Waals surface area contributed by atoms with Crippen molar-refractivity contribution in [3.8, 4) is 0 Å². The van der Waals surface area contributed by atoms with Crippen LogP contribution in [0, 0.1) is 5.92 Å². The number of hydrogen-bond donors (Lipinski definition) is 1. The minimum atomic E-state index is -1.52. The number of methoxy groups -OCH3 is 3. The Hall–Kier alpha value is -0.730. The highest BCUT2D eigenvalue weighted by molar-refractivity contribution is 5.75. The van der Waals surface area contributed by atoms with Gasteiger partial charge in [0.15, 0.2) is 5.79 Å². The van der Waals surface area contributed by atoms with E-state index in [9.17, 15) is 9.90 Å². The fourth-order valence-corrected chi connectivity index (χ4v) is 3.48. The third kappa shape index (κ3) is 2.47. The second-order valence-corrected chi connectivity index (χ2v) is 6.00. The van der Waals surface area contributed by atoms with Crippen molar-refractivity contribution >= 4 is 5.97 Å². The Morgan fingerprint density at radius 2 is 1.86 bits per heavy atom. The van der Waals surface area contributed by atoms with Crippen LogP contribution in [-0.2, 0) is 28.5 Å². The van der Waals surface area contributed by atoms with Crippen molar-refractivity contribution in [1.29, 1.82) is 0 Å². The van der Waals surface area contributed by atoms with E-state index in [1.807, 2.05) is 0 Å². The van der Waals surface area contributed by atoms with Gasteiger partial charge in [0, 0.05) is 14.2 Å². The standard InChI is InChI=1S/C14H24O7/c1-12(2)20-8-13(21-12)7-6-9(15)14(18-4,19-5)10(13)11(16)17-3/h9-10,15H,6-8H2,1-5H3/t9-,10-,13-/m1/s1. The Labute approximate surface area is 124 Å².